The summed E-state index contributed by atoms with van der Waals surface area (Å²) in [5.74, 6) is -0.682. The van der Waals surface area contributed by atoms with Crippen molar-refractivity contribution in [2.24, 2.45) is 0 Å². The lowest BCUT2D eigenvalue weighted by molar-refractivity contribution is -0.200. The fourth-order valence-electron chi connectivity index (χ4n) is 3.82. The van der Waals surface area contributed by atoms with Crippen LogP contribution in [0.2, 0.25) is 0 Å². The van der Waals surface area contributed by atoms with Gasteiger partial charge >= 0.3 is 11.9 Å². The number of alkyl halides is 2. The number of carbonyl (C=O) groups is 2. The average molecular weight is 620 g/mol. The first-order valence-corrected chi connectivity index (χ1v) is 12.2. The monoisotopic (exact) mass is 616 g/mol. The van der Waals surface area contributed by atoms with Gasteiger partial charge in [-0.1, -0.05) is 90.4 Å². The zero-order valence-corrected chi connectivity index (χ0v) is 20.9. The molecule has 0 aromatic rings. The van der Waals surface area contributed by atoms with Crippen molar-refractivity contribution in [3.63, 3.8) is 0 Å². The lowest BCUT2D eigenvalue weighted by Gasteiger charge is -2.59. The molecule has 0 aromatic carbocycles. The molecule has 0 saturated heterocycles. The van der Waals surface area contributed by atoms with Crippen LogP contribution in [-0.4, -0.2) is 32.8 Å². The van der Waals surface area contributed by atoms with Crippen LogP contribution in [0.25, 0.3) is 0 Å². The Kier molecular flexibility index (Phi) is 6.18. The number of ether oxygens (including phenoxy) is 2. The predicted molar refractivity (Wildman–Crippen MR) is 114 cm³/mol. The molecule has 0 bridgehead atoms. The Labute approximate surface area is 187 Å². The van der Waals surface area contributed by atoms with Crippen molar-refractivity contribution in [3.8, 4) is 0 Å². The van der Waals surface area contributed by atoms with Crippen LogP contribution < -0.4 is 0 Å². The Bertz CT molecular complexity index is 656. The number of rotatable bonds is 6. The van der Waals surface area contributed by atoms with Gasteiger partial charge in [0.25, 0.3) is 0 Å². The van der Waals surface area contributed by atoms with Crippen molar-refractivity contribution in [1.29, 1.82) is 0 Å². The summed E-state index contributed by atoms with van der Waals surface area (Å²) in [6, 6.07) is 0. The van der Waals surface area contributed by atoms with Gasteiger partial charge in [-0.15, -0.1) is 0 Å². The third-order valence-electron chi connectivity index (χ3n) is 5.33. The Balaban J connectivity index is 2.08. The van der Waals surface area contributed by atoms with E-state index in [-0.39, 0.29) is 21.6 Å². The summed E-state index contributed by atoms with van der Waals surface area (Å²) < 4.78 is 13.2. The molecular weight excluding hydrogens is 600 g/mol. The van der Waals surface area contributed by atoms with Crippen LogP contribution in [0.1, 0.15) is 52.4 Å². The fourth-order valence-corrected chi connectivity index (χ4v) is 8.47. The van der Waals surface area contributed by atoms with Crippen molar-refractivity contribution in [2.75, 3.05) is 0 Å². The largest absolute Gasteiger partial charge is 0.444 e. The molecule has 2 aliphatic heterocycles. The molecule has 2 spiro atoms. The van der Waals surface area contributed by atoms with Crippen molar-refractivity contribution < 1.29 is 19.1 Å². The Hall–Kier alpha value is 0.340. The fraction of sp³-hybridized carbons (Fsp3) is 0.667. The lowest BCUT2D eigenvalue weighted by atomic mass is 9.64. The third kappa shape index (κ3) is 2.61. The van der Waals surface area contributed by atoms with Crippen LogP contribution >= 0.6 is 63.7 Å². The van der Waals surface area contributed by atoms with Crippen LogP contribution in [-0.2, 0) is 19.1 Å². The minimum atomic E-state index is -1.08. The van der Waals surface area contributed by atoms with Crippen LogP contribution in [0, 0.1) is 0 Å². The first-order chi connectivity index (χ1) is 12.3. The second-order valence-corrected chi connectivity index (χ2v) is 10.4. The molecule has 3 aliphatic rings. The van der Waals surface area contributed by atoms with E-state index < -0.39 is 11.2 Å². The van der Waals surface area contributed by atoms with Gasteiger partial charge in [0.1, 0.15) is 0 Å². The predicted octanol–water partition coefficient (Wildman–Crippen LogP) is 5.80. The quantitative estimate of drug-likeness (QED) is 0.279. The number of esters is 2. The van der Waals surface area contributed by atoms with Gasteiger partial charge in [0.2, 0.25) is 11.2 Å². The molecule has 2 heterocycles. The average Bonchev–Trinajstić information content (AvgIpc) is 3.04. The summed E-state index contributed by atoms with van der Waals surface area (Å²) in [6.45, 7) is 4.16. The SMILES string of the molecule is CCCCC1=C(Br)C2(OC1=O)C(Br)C(Br)C21OC(=O)C(CCCC)=C1Br. The molecule has 8 heteroatoms. The van der Waals surface area contributed by atoms with Gasteiger partial charge in [-0.2, -0.15) is 0 Å². The normalized spacial score (nSPS) is 36.2. The van der Waals surface area contributed by atoms with Crippen LogP contribution in [0.15, 0.2) is 20.1 Å². The van der Waals surface area contributed by atoms with Gasteiger partial charge in [-0.25, -0.2) is 9.59 Å². The first-order valence-electron chi connectivity index (χ1n) is 8.82. The first kappa shape index (κ1) is 21.1. The van der Waals surface area contributed by atoms with Gasteiger partial charge in [0.05, 0.1) is 29.8 Å². The molecule has 0 N–H and O–H groups in total. The highest BCUT2D eigenvalue weighted by Gasteiger charge is 2.82. The molecule has 0 amide bonds. The molecule has 1 saturated carbocycles. The zero-order chi connectivity index (χ0) is 19.3. The summed E-state index contributed by atoms with van der Waals surface area (Å²) in [5.41, 5.74) is -0.894. The van der Waals surface area contributed by atoms with E-state index in [0.29, 0.717) is 33.0 Å². The highest BCUT2D eigenvalue weighted by atomic mass is 79.9. The summed E-state index contributed by atoms with van der Waals surface area (Å²) in [7, 11) is 0. The summed E-state index contributed by atoms with van der Waals surface area (Å²) in [4.78, 5) is 24.8. The number of carbonyl (C=O) groups excluding carboxylic acids is 2. The van der Waals surface area contributed by atoms with Gasteiger partial charge < -0.3 is 9.47 Å². The molecule has 0 aromatic heterocycles. The van der Waals surface area contributed by atoms with E-state index in [4.69, 9.17) is 9.47 Å². The molecular formula is C18H20Br4O4. The Morgan fingerprint density at radius 1 is 0.808 bits per heavy atom. The molecule has 4 unspecified atom stereocenters. The number of hydrogen-bond acceptors (Lipinski definition) is 4. The molecule has 3 rings (SSSR count). The van der Waals surface area contributed by atoms with E-state index in [2.05, 4.69) is 77.6 Å². The zero-order valence-electron chi connectivity index (χ0n) is 14.5. The van der Waals surface area contributed by atoms with Crippen molar-refractivity contribution in [1.82, 2.24) is 0 Å². The smallest absolute Gasteiger partial charge is 0.336 e. The van der Waals surface area contributed by atoms with E-state index in [1.54, 1.807) is 0 Å². The molecule has 26 heavy (non-hydrogen) atoms. The van der Waals surface area contributed by atoms with E-state index >= 15 is 0 Å². The number of halogens is 4. The van der Waals surface area contributed by atoms with Gasteiger partial charge in [-0.3, -0.25) is 0 Å². The highest BCUT2D eigenvalue weighted by molar-refractivity contribution is 9.13. The van der Waals surface area contributed by atoms with Gasteiger partial charge in [-0.05, 0) is 25.7 Å². The second-order valence-electron chi connectivity index (χ2n) is 6.85. The van der Waals surface area contributed by atoms with E-state index in [1.165, 1.54) is 0 Å². The van der Waals surface area contributed by atoms with Crippen molar-refractivity contribution in [3.05, 3.63) is 20.1 Å². The molecule has 4 atom stereocenters. The maximum atomic E-state index is 12.6. The van der Waals surface area contributed by atoms with E-state index in [1.807, 2.05) is 0 Å². The van der Waals surface area contributed by atoms with Gasteiger partial charge in [0.15, 0.2) is 0 Å². The summed E-state index contributed by atoms with van der Waals surface area (Å²) in [6.07, 6.45) is 5.02. The van der Waals surface area contributed by atoms with Gasteiger partial charge in [0, 0.05) is 0 Å². The molecule has 1 fully saturated rings. The van der Waals surface area contributed by atoms with Crippen LogP contribution in [0.3, 0.4) is 0 Å². The maximum absolute atomic E-state index is 12.6. The van der Waals surface area contributed by atoms with Crippen molar-refractivity contribution >= 4 is 75.7 Å². The molecule has 1 aliphatic carbocycles. The Morgan fingerprint density at radius 3 is 1.46 bits per heavy atom. The number of fused-ring (bicyclic) bond motifs is 1. The van der Waals surface area contributed by atoms with Crippen LogP contribution in [0.4, 0.5) is 0 Å². The van der Waals surface area contributed by atoms with E-state index in [0.717, 1.165) is 25.7 Å². The maximum Gasteiger partial charge on any atom is 0.336 e. The number of hydrogen-bond donors (Lipinski definition) is 0. The summed E-state index contributed by atoms with van der Waals surface area (Å²) in [5, 5.41) is 0. The lowest BCUT2D eigenvalue weighted by Crippen LogP contribution is -2.78. The topological polar surface area (TPSA) is 52.6 Å². The standard InChI is InChI=1S/C18H20Br4O4/c1-3-5-7-9-11(19)17(25-15(9)23)13(21)14(22)18(17)12(20)10(8-6-4-2)16(24)26-18/h13-14H,3-8H2,1-2H3. The van der Waals surface area contributed by atoms with E-state index in [9.17, 15) is 9.59 Å². The highest BCUT2D eigenvalue weighted by Crippen LogP contribution is 2.68. The van der Waals surface area contributed by atoms with Crippen molar-refractivity contribution in [2.45, 2.75) is 73.2 Å². The third-order valence-corrected chi connectivity index (χ3v) is 10.5. The minimum Gasteiger partial charge on any atom is -0.444 e. The summed E-state index contributed by atoms with van der Waals surface area (Å²) >= 11 is 14.6. The molecule has 144 valence electrons. The van der Waals surface area contributed by atoms with Crippen LogP contribution in [0.5, 0.6) is 0 Å². The minimum absolute atomic E-state index is 0.224. The molecule has 0 radical (unpaired) electrons. The molecule has 4 nitrogen and oxygen atoms in total. The number of unbranched alkanes of at least 4 members (excludes halogenated alkanes) is 2. The second kappa shape index (κ2) is 7.64. The Morgan fingerprint density at radius 2 is 1.15 bits per heavy atom.